The summed E-state index contributed by atoms with van der Waals surface area (Å²) in [5, 5.41) is 5.33. The molecule has 0 unspecified atom stereocenters. The van der Waals surface area contributed by atoms with Gasteiger partial charge in [-0.1, -0.05) is 28.1 Å². The third-order valence-corrected chi connectivity index (χ3v) is 4.83. The third kappa shape index (κ3) is 4.95. The van der Waals surface area contributed by atoms with Gasteiger partial charge in [0.15, 0.2) is 0 Å². The van der Waals surface area contributed by atoms with E-state index in [2.05, 4.69) is 26.6 Å². The first-order valence-electron chi connectivity index (χ1n) is 8.66. The molecule has 140 valence electrons. The summed E-state index contributed by atoms with van der Waals surface area (Å²) in [6.45, 7) is -0.163. The van der Waals surface area contributed by atoms with Crippen LogP contribution in [-0.4, -0.2) is 31.3 Å². The first-order chi connectivity index (χ1) is 13.0. The predicted molar refractivity (Wildman–Crippen MR) is 108 cm³/mol. The lowest BCUT2D eigenvalue weighted by Crippen LogP contribution is -2.35. The Morgan fingerprint density at radius 3 is 2.41 bits per heavy atom. The van der Waals surface area contributed by atoms with E-state index in [1.54, 1.807) is 43.4 Å². The molecule has 6 nitrogen and oxygen atoms in total. The highest BCUT2D eigenvalue weighted by Gasteiger charge is 2.33. The van der Waals surface area contributed by atoms with Crippen molar-refractivity contribution >= 4 is 45.0 Å². The Morgan fingerprint density at radius 1 is 1.07 bits per heavy atom. The summed E-state index contributed by atoms with van der Waals surface area (Å²) in [7, 11) is 1.67. The number of hydrogen-bond donors (Lipinski definition) is 2. The number of amides is 3. The molecule has 0 radical (unpaired) electrons. The second kappa shape index (κ2) is 8.35. The number of hydrogen-bond acceptors (Lipinski definition) is 3. The number of benzene rings is 2. The highest BCUT2D eigenvalue weighted by Crippen LogP contribution is 2.33. The van der Waals surface area contributed by atoms with Gasteiger partial charge < -0.3 is 15.5 Å². The minimum absolute atomic E-state index is 0.0169. The normalized spacial score (nSPS) is 13.0. The van der Waals surface area contributed by atoms with Crippen LogP contribution in [0.4, 0.5) is 11.4 Å². The van der Waals surface area contributed by atoms with Crippen LogP contribution in [0, 0.1) is 5.92 Å². The van der Waals surface area contributed by atoms with Gasteiger partial charge in [-0.05, 0) is 49.2 Å². The highest BCUT2D eigenvalue weighted by molar-refractivity contribution is 9.10. The minimum atomic E-state index is -0.396. The third-order valence-electron chi connectivity index (χ3n) is 4.30. The highest BCUT2D eigenvalue weighted by atomic mass is 79.9. The van der Waals surface area contributed by atoms with Gasteiger partial charge in [0.2, 0.25) is 11.8 Å². The number of rotatable bonds is 6. The molecule has 0 saturated heterocycles. The minimum Gasteiger partial charge on any atom is -0.343 e. The van der Waals surface area contributed by atoms with Crippen molar-refractivity contribution in [1.29, 1.82) is 0 Å². The van der Waals surface area contributed by atoms with Gasteiger partial charge in [-0.25, -0.2) is 0 Å². The van der Waals surface area contributed by atoms with Crippen molar-refractivity contribution in [2.75, 3.05) is 23.8 Å². The Labute approximate surface area is 166 Å². The van der Waals surface area contributed by atoms with E-state index in [1.165, 1.54) is 4.90 Å². The van der Waals surface area contributed by atoms with Gasteiger partial charge >= 0.3 is 0 Å². The van der Waals surface area contributed by atoms with Crippen LogP contribution < -0.4 is 15.5 Å². The topological polar surface area (TPSA) is 78.5 Å². The number of nitrogens with one attached hydrogen (secondary N) is 2. The van der Waals surface area contributed by atoms with Crippen LogP contribution in [0.2, 0.25) is 0 Å². The molecule has 0 bridgehead atoms. The summed E-state index contributed by atoms with van der Waals surface area (Å²) in [4.78, 5) is 38.4. The Morgan fingerprint density at radius 2 is 1.74 bits per heavy atom. The number of para-hydroxylation sites is 1. The Bertz CT molecular complexity index is 863. The molecule has 2 aromatic carbocycles. The summed E-state index contributed by atoms with van der Waals surface area (Å²) in [6, 6.07) is 14.0. The number of nitrogens with zero attached hydrogens (tertiary/aromatic N) is 1. The molecule has 2 aromatic rings. The largest absolute Gasteiger partial charge is 0.343 e. The van der Waals surface area contributed by atoms with E-state index in [9.17, 15) is 14.4 Å². The van der Waals surface area contributed by atoms with Crippen LogP contribution in [-0.2, 0) is 9.59 Å². The molecule has 0 heterocycles. The molecular weight excluding hydrogens is 410 g/mol. The maximum atomic E-state index is 12.5. The molecule has 0 spiro atoms. The van der Waals surface area contributed by atoms with E-state index in [0.29, 0.717) is 16.9 Å². The second-order valence-corrected chi connectivity index (χ2v) is 7.34. The Balaban J connectivity index is 1.61. The van der Waals surface area contributed by atoms with Crippen molar-refractivity contribution in [3.05, 3.63) is 58.6 Å². The molecule has 1 aliphatic carbocycles. The number of anilines is 2. The quantitative estimate of drug-likeness (QED) is 0.739. The van der Waals surface area contributed by atoms with Gasteiger partial charge in [0.05, 0.1) is 17.8 Å². The molecule has 27 heavy (non-hydrogen) atoms. The van der Waals surface area contributed by atoms with Crippen LogP contribution in [0.25, 0.3) is 0 Å². The van der Waals surface area contributed by atoms with Crippen LogP contribution in [0.3, 0.4) is 0 Å². The fourth-order valence-electron chi connectivity index (χ4n) is 2.68. The number of carbonyl (C=O) groups is 3. The molecule has 1 saturated carbocycles. The average molecular weight is 430 g/mol. The summed E-state index contributed by atoms with van der Waals surface area (Å²) >= 11 is 3.33. The zero-order chi connectivity index (χ0) is 19.4. The van der Waals surface area contributed by atoms with Gasteiger partial charge in [0.25, 0.3) is 5.91 Å². The van der Waals surface area contributed by atoms with Crippen molar-refractivity contribution in [2.24, 2.45) is 5.92 Å². The van der Waals surface area contributed by atoms with Crippen molar-refractivity contribution in [3.63, 3.8) is 0 Å². The summed E-state index contributed by atoms with van der Waals surface area (Å²) in [5.41, 5.74) is 1.55. The van der Waals surface area contributed by atoms with E-state index in [4.69, 9.17) is 0 Å². The first-order valence-corrected chi connectivity index (χ1v) is 9.45. The van der Waals surface area contributed by atoms with E-state index in [-0.39, 0.29) is 24.3 Å². The second-order valence-electron chi connectivity index (χ2n) is 6.43. The molecule has 3 amide bonds. The van der Waals surface area contributed by atoms with Crippen molar-refractivity contribution < 1.29 is 14.4 Å². The Kier molecular flexibility index (Phi) is 5.91. The molecular formula is C20H20BrN3O3. The standard InChI is InChI=1S/C20H20BrN3O3/c1-24(20(27)13-6-7-13)17-5-3-2-4-16(17)19(26)22-12-18(25)23-15-10-8-14(21)9-11-15/h2-5,8-11,13H,6-7,12H2,1H3,(H,22,26)(H,23,25). The van der Waals surface area contributed by atoms with Crippen molar-refractivity contribution in [2.45, 2.75) is 12.8 Å². The van der Waals surface area contributed by atoms with Crippen LogP contribution >= 0.6 is 15.9 Å². The van der Waals surface area contributed by atoms with E-state index >= 15 is 0 Å². The molecule has 1 aliphatic rings. The Hall–Kier alpha value is -2.67. The first kappa shape index (κ1) is 19.1. The van der Waals surface area contributed by atoms with Gasteiger partial charge in [0.1, 0.15) is 0 Å². The zero-order valence-electron chi connectivity index (χ0n) is 14.9. The van der Waals surface area contributed by atoms with E-state index in [0.717, 1.165) is 17.3 Å². The zero-order valence-corrected chi connectivity index (χ0v) is 16.5. The molecule has 7 heteroatoms. The lowest BCUT2D eigenvalue weighted by Gasteiger charge is -2.20. The van der Waals surface area contributed by atoms with Crippen LogP contribution in [0.5, 0.6) is 0 Å². The van der Waals surface area contributed by atoms with Crippen LogP contribution in [0.15, 0.2) is 53.0 Å². The van der Waals surface area contributed by atoms with Crippen LogP contribution in [0.1, 0.15) is 23.2 Å². The van der Waals surface area contributed by atoms with E-state index in [1.807, 2.05) is 12.1 Å². The monoisotopic (exact) mass is 429 g/mol. The lowest BCUT2D eigenvalue weighted by atomic mass is 10.1. The SMILES string of the molecule is CN(C(=O)C1CC1)c1ccccc1C(=O)NCC(=O)Nc1ccc(Br)cc1. The van der Waals surface area contributed by atoms with Crippen molar-refractivity contribution in [3.8, 4) is 0 Å². The number of halogens is 1. The summed E-state index contributed by atoms with van der Waals surface area (Å²) in [5.74, 6) is -0.649. The summed E-state index contributed by atoms with van der Waals surface area (Å²) in [6.07, 6.45) is 1.79. The number of carbonyl (C=O) groups excluding carboxylic acids is 3. The molecule has 0 aromatic heterocycles. The average Bonchev–Trinajstić information content (AvgIpc) is 3.52. The fourth-order valence-corrected chi connectivity index (χ4v) is 2.94. The van der Waals surface area contributed by atoms with E-state index < -0.39 is 5.91 Å². The van der Waals surface area contributed by atoms with Gasteiger partial charge in [0, 0.05) is 23.1 Å². The molecule has 0 aliphatic heterocycles. The van der Waals surface area contributed by atoms with Gasteiger partial charge in [-0.2, -0.15) is 0 Å². The maximum absolute atomic E-state index is 12.5. The molecule has 0 atom stereocenters. The summed E-state index contributed by atoms with van der Waals surface area (Å²) < 4.78 is 0.912. The maximum Gasteiger partial charge on any atom is 0.253 e. The fraction of sp³-hybridized carbons (Fsp3) is 0.250. The lowest BCUT2D eigenvalue weighted by molar-refractivity contribution is -0.119. The van der Waals surface area contributed by atoms with Gasteiger partial charge in [-0.3, -0.25) is 14.4 Å². The molecule has 3 rings (SSSR count). The van der Waals surface area contributed by atoms with Crippen molar-refractivity contribution in [1.82, 2.24) is 5.32 Å². The molecule has 2 N–H and O–H groups in total. The van der Waals surface area contributed by atoms with Gasteiger partial charge in [-0.15, -0.1) is 0 Å². The smallest absolute Gasteiger partial charge is 0.253 e. The predicted octanol–water partition coefficient (Wildman–Crippen LogP) is 3.19. The molecule has 1 fully saturated rings.